The fourth-order valence-electron chi connectivity index (χ4n) is 1.59. The van der Waals surface area contributed by atoms with E-state index in [0.29, 0.717) is 0 Å². The van der Waals surface area contributed by atoms with Gasteiger partial charge in [-0.15, -0.1) is 33.2 Å². The highest BCUT2D eigenvalue weighted by Crippen LogP contribution is 2.27. The highest BCUT2D eigenvalue weighted by atomic mass is 35.8. The summed E-state index contributed by atoms with van der Waals surface area (Å²) in [5.74, 6) is 0. The summed E-state index contributed by atoms with van der Waals surface area (Å²) in [7, 11) is -0.305. The molecule has 0 fully saturated rings. The molecule has 0 aliphatic carbocycles. The third kappa shape index (κ3) is 15.3. The fourth-order valence-corrected chi connectivity index (χ4v) is 4.54. The summed E-state index contributed by atoms with van der Waals surface area (Å²) in [6.45, 7) is 4.84. The molecule has 0 atom stereocenters. The molecule has 0 rings (SSSR count). The van der Waals surface area contributed by atoms with Crippen LogP contribution in [-0.4, -0.2) is 14.8 Å². The van der Waals surface area contributed by atoms with Crippen LogP contribution < -0.4 is 0 Å². The Hall–Kier alpha value is 1.30. The van der Waals surface area contributed by atoms with Crippen molar-refractivity contribution < 1.29 is 0 Å². The van der Waals surface area contributed by atoms with Crippen molar-refractivity contribution >= 4 is 48.0 Å². The number of halogens is 3. The van der Waals surface area contributed by atoms with Gasteiger partial charge < -0.3 is 0 Å². The lowest BCUT2D eigenvalue weighted by Gasteiger charge is -2.07. The van der Waals surface area contributed by atoms with Crippen LogP contribution in [0.15, 0.2) is 0 Å². The summed E-state index contributed by atoms with van der Waals surface area (Å²) in [6.07, 6.45) is 7.85. The van der Waals surface area contributed by atoms with Crippen LogP contribution in [0.4, 0.5) is 0 Å². The van der Waals surface area contributed by atoms with Crippen molar-refractivity contribution in [3.8, 4) is 0 Å². The SMILES string of the molecule is C[SiH](C)CCCCCCCC[Si](Cl)(Cl)Cl. The second-order valence-corrected chi connectivity index (χ2v) is 17.3. The highest BCUT2D eigenvalue weighted by Gasteiger charge is 2.23. The first-order valence-corrected chi connectivity index (χ1v) is 14.4. The maximum absolute atomic E-state index is 5.80. The van der Waals surface area contributed by atoms with Gasteiger partial charge in [-0.05, 0) is 6.04 Å². The molecule has 0 spiro atoms. The van der Waals surface area contributed by atoms with Crippen molar-refractivity contribution in [1.29, 1.82) is 0 Å². The quantitative estimate of drug-likeness (QED) is 0.301. The summed E-state index contributed by atoms with van der Waals surface area (Å²) < 4.78 is 0. The van der Waals surface area contributed by atoms with Crippen LogP contribution in [-0.2, 0) is 0 Å². The van der Waals surface area contributed by atoms with Gasteiger partial charge in [0.2, 0.25) is 0 Å². The molecule has 15 heavy (non-hydrogen) atoms. The third-order valence-electron chi connectivity index (χ3n) is 2.49. The Bertz CT molecular complexity index is 146. The highest BCUT2D eigenvalue weighted by molar-refractivity contribution is 7.64. The second kappa shape index (κ2) is 9.35. The van der Waals surface area contributed by atoms with Gasteiger partial charge in [0.15, 0.2) is 0 Å². The molecule has 0 aliphatic rings. The molecule has 92 valence electrons. The summed E-state index contributed by atoms with van der Waals surface area (Å²) in [6, 6.07) is 0.00571. The van der Waals surface area contributed by atoms with Crippen molar-refractivity contribution in [2.24, 2.45) is 0 Å². The van der Waals surface area contributed by atoms with Gasteiger partial charge in [0.1, 0.15) is 0 Å². The summed E-state index contributed by atoms with van der Waals surface area (Å²) in [5.41, 5.74) is 0. The summed E-state index contributed by atoms with van der Waals surface area (Å²) >= 11 is 17.4. The molecule has 0 N–H and O–H groups in total. The molecule has 0 aromatic carbocycles. The second-order valence-electron chi connectivity index (χ2n) is 4.67. The van der Waals surface area contributed by atoms with E-state index in [1.54, 1.807) is 0 Å². The summed E-state index contributed by atoms with van der Waals surface area (Å²) in [5, 5.41) is 0. The van der Waals surface area contributed by atoms with Gasteiger partial charge in [-0.1, -0.05) is 57.7 Å². The van der Waals surface area contributed by atoms with Crippen molar-refractivity contribution in [2.75, 3.05) is 0 Å². The van der Waals surface area contributed by atoms with Crippen LogP contribution in [0.1, 0.15) is 38.5 Å². The zero-order valence-electron chi connectivity index (χ0n) is 9.87. The van der Waals surface area contributed by atoms with Gasteiger partial charge in [-0.25, -0.2) is 0 Å². The van der Waals surface area contributed by atoms with Gasteiger partial charge in [0, 0.05) is 8.80 Å². The summed E-state index contributed by atoms with van der Waals surface area (Å²) in [4.78, 5) is 0. The molecular formula is C10H23Cl3Si2. The first kappa shape index (κ1) is 16.3. The Morgan fingerprint density at radius 2 is 1.27 bits per heavy atom. The van der Waals surface area contributed by atoms with E-state index in [2.05, 4.69) is 13.1 Å². The molecule has 0 aromatic heterocycles. The minimum Gasteiger partial charge on any atom is -0.126 e. The maximum Gasteiger partial charge on any atom is 0.341 e. The lowest BCUT2D eigenvalue weighted by atomic mass is 10.1. The fraction of sp³-hybridized carbons (Fsp3) is 1.00. The van der Waals surface area contributed by atoms with Gasteiger partial charge in [0.05, 0.1) is 0 Å². The van der Waals surface area contributed by atoms with Crippen LogP contribution in [0.2, 0.25) is 25.2 Å². The Morgan fingerprint density at radius 1 is 0.800 bits per heavy atom. The van der Waals surface area contributed by atoms with Gasteiger partial charge in [-0.2, -0.15) is 0 Å². The first-order valence-electron chi connectivity index (χ1n) is 5.98. The standard InChI is InChI=1S/C10H23Cl3Si2/c1-14(2)9-7-5-3-4-6-8-10-15(11,12)13/h14H,3-10H2,1-2H3. The largest absolute Gasteiger partial charge is 0.341 e. The Morgan fingerprint density at radius 3 is 1.73 bits per heavy atom. The van der Waals surface area contributed by atoms with Gasteiger partial charge in [-0.3, -0.25) is 0 Å². The number of rotatable bonds is 9. The van der Waals surface area contributed by atoms with E-state index in [1.165, 1.54) is 38.1 Å². The Balaban J connectivity index is 3.06. The zero-order chi connectivity index (χ0) is 11.7. The minimum atomic E-state index is -2.33. The molecule has 0 amide bonds. The molecule has 0 unspecified atom stereocenters. The van der Waals surface area contributed by atoms with Crippen LogP contribution in [0.5, 0.6) is 0 Å². The molecule has 0 aromatic rings. The predicted molar refractivity (Wildman–Crippen MR) is 79.5 cm³/mol. The number of hydrogen-bond donors (Lipinski definition) is 0. The van der Waals surface area contributed by atoms with E-state index in [1.807, 2.05) is 0 Å². The van der Waals surface area contributed by atoms with Crippen molar-refractivity contribution in [2.45, 2.75) is 63.7 Å². The van der Waals surface area contributed by atoms with E-state index in [9.17, 15) is 0 Å². The predicted octanol–water partition coefficient (Wildman–Crippen LogP) is 5.47. The molecule has 0 bridgehead atoms. The van der Waals surface area contributed by atoms with E-state index >= 15 is 0 Å². The smallest absolute Gasteiger partial charge is 0.126 e. The third-order valence-corrected chi connectivity index (χ3v) is 6.68. The molecule has 0 nitrogen and oxygen atoms in total. The number of unbranched alkanes of at least 4 members (excludes halogenated alkanes) is 5. The lowest BCUT2D eigenvalue weighted by molar-refractivity contribution is 0.622. The van der Waals surface area contributed by atoms with Gasteiger partial charge >= 0.3 is 6.00 Å². The van der Waals surface area contributed by atoms with Crippen molar-refractivity contribution in [3.63, 3.8) is 0 Å². The van der Waals surface area contributed by atoms with Crippen LogP contribution in [0.3, 0.4) is 0 Å². The topological polar surface area (TPSA) is 0 Å². The maximum atomic E-state index is 5.80. The molecule has 0 heterocycles. The molecule has 5 heteroatoms. The molecule has 0 radical (unpaired) electrons. The van der Waals surface area contributed by atoms with Crippen LogP contribution >= 0.6 is 33.2 Å². The average Bonchev–Trinajstić information content (AvgIpc) is 2.07. The van der Waals surface area contributed by atoms with E-state index < -0.39 is 6.00 Å². The van der Waals surface area contributed by atoms with Crippen LogP contribution in [0, 0.1) is 0 Å². The first-order chi connectivity index (χ1) is 6.92. The zero-order valence-corrected chi connectivity index (χ0v) is 14.3. The molecule has 0 saturated carbocycles. The lowest BCUT2D eigenvalue weighted by Crippen LogP contribution is -2.07. The average molecular weight is 306 g/mol. The van der Waals surface area contributed by atoms with E-state index in [4.69, 9.17) is 33.2 Å². The van der Waals surface area contributed by atoms with E-state index in [-0.39, 0.29) is 8.80 Å². The molecule has 0 saturated heterocycles. The van der Waals surface area contributed by atoms with Crippen molar-refractivity contribution in [3.05, 3.63) is 0 Å². The van der Waals surface area contributed by atoms with E-state index in [0.717, 1.165) is 12.5 Å². The Kier molecular flexibility index (Phi) is 10.2. The normalized spacial score (nSPS) is 12.4. The minimum absolute atomic E-state index is 0.305. The van der Waals surface area contributed by atoms with Gasteiger partial charge in [0.25, 0.3) is 0 Å². The molecule has 0 aliphatic heterocycles. The monoisotopic (exact) mass is 304 g/mol. The molecular weight excluding hydrogens is 283 g/mol. The van der Waals surface area contributed by atoms with Crippen molar-refractivity contribution in [1.82, 2.24) is 0 Å². The van der Waals surface area contributed by atoms with Crippen LogP contribution in [0.25, 0.3) is 0 Å². The Labute approximate surface area is 111 Å². The number of hydrogen-bond acceptors (Lipinski definition) is 0.